The van der Waals surface area contributed by atoms with Crippen molar-refractivity contribution in [3.63, 3.8) is 0 Å². The minimum atomic E-state index is 0.319. The number of aryl methyl sites for hydroxylation is 1. The number of hydrogen-bond acceptors (Lipinski definition) is 5. The summed E-state index contributed by atoms with van der Waals surface area (Å²) in [6, 6.07) is 12.6. The van der Waals surface area contributed by atoms with Crippen LogP contribution in [0.3, 0.4) is 0 Å². The van der Waals surface area contributed by atoms with Crippen LogP contribution in [0.5, 0.6) is 0 Å². The molecule has 2 heterocycles. The van der Waals surface area contributed by atoms with E-state index < -0.39 is 0 Å². The lowest BCUT2D eigenvalue weighted by Gasteiger charge is -2.14. The average molecular weight is 298 g/mol. The van der Waals surface area contributed by atoms with Crippen LogP contribution >= 0.6 is 11.3 Å². The van der Waals surface area contributed by atoms with Gasteiger partial charge in [0.15, 0.2) is 0 Å². The van der Waals surface area contributed by atoms with Crippen LogP contribution in [0.4, 0.5) is 11.8 Å². The predicted octanol–water partition coefficient (Wildman–Crippen LogP) is 3.80. The third-order valence-corrected chi connectivity index (χ3v) is 4.42. The van der Waals surface area contributed by atoms with Gasteiger partial charge in [0.05, 0.1) is 5.39 Å². The molecule has 5 heteroatoms. The van der Waals surface area contributed by atoms with Crippen LogP contribution in [-0.2, 0) is 0 Å². The fourth-order valence-electron chi connectivity index (χ4n) is 2.34. The Bertz CT molecular complexity index is 752. The van der Waals surface area contributed by atoms with Gasteiger partial charge in [0.1, 0.15) is 10.6 Å². The molecule has 2 aromatic heterocycles. The van der Waals surface area contributed by atoms with Gasteiger partial charge in [-0.25, -0.2) is 4.98 Å². The van der Waals surface area contributed by atoms with E-state index >= 15 is 0 Å². The summed E-state index contributed by atoms with van der Waals surface area (Å²) >= 11 is 1.64. The summed E-state index contributed by atoms with van der Waals surface area (Å²) in [7, 11) is 0. The first-order chi connectivity index (χ1) is 10.1. The van der Waals surface area contributed by atoms with Crippen LogP contribution in [-0.4, -0.2) is 16.5 Å². The van der Waals surface area contributed by atoms with Crippen molar-refractivity contribution in [3.05, 3.63) is 46.8 Å². The predicted molar refractivity (Wildman–Crippen MR) is 89.9 cm³/mol. The number of aromatic nitrogens is 2. The number of anilines is 2. The smallest absolute Gasteiger partial charge is 0.223 e. The molecule has 0 amide bonds. The zero-order chi connectivity index (χ0) is 14.8. The van der Waals surface area contributed by atoms with E-state index in [1.807, 2.05) is 6.07 Å². The molecule has 0 bridgehead atoms. The molecule has 0 spiro atoms. The van der Waals surface area contributed by atoms with Crippen LogP contribution in [0.2, 0.25) is 0 Å². The summed E-state index contributed by atoms with van der Waals surface area (Å²) in [5.74, 6) is 1.54. The Morgan fingerprint density at radius 3 is 2.76 bits per heavy atom. The topological polar surface area (TPSA) is 63.8 Å². The molecule has 3 rings (SSSR count). The first kappa shape index (κ1) is 13.8. The molecule has 0 fully saturated rings. The molecule has 0 aliphatic carbocycles. The number of thiophene rings is 1. The fourth-order valence-corrected chi connectivity index (χ4v) is 3.23. The van der Waals surface area contributed by atoms with Crippen molar-refractivity contribution in [1.29, 1.82) is 0 Å². The lowest BCUT2D eigenvalue weighted by molar-refractivity contribution is 0.802. The highest BCUT2D eigenvalue weighted by molar-refractivity contribution is 7.18. The van der Waals surface area contributed by atoms with Crippen molar-refractivity contribution in [2.45, 2.75) is 19.8 Å². The van der Waals surface area contributed by atoms with Crippen molar-refractivity contribution in [2.24, 2.45) is 0 Å². The van der Waals surface area contributed by atoms with E-state index in [1.165, 1.54) is 10.4 Å². The average Bonchev–Trinajstić information content (AvgIpc) is 2.85. The number of nitrogen functional groups attached to an aromatic ring is 1. The molecule has 0 aliphatic heterocycles. The summed E-state index contributed by atoms with van der Waals surface area (Å²) in [6.07, 6.45) is 0. The molecule has 0 saturated heterocycles. The Morgan fingerprint density at radius 2 is 2.00 bits per heavy atom. The highest BCUT2D eigenvalue weighted by Crippen LogP contribution is 2.29. The van der Waals surface area contributed by atoms with Crippen molar-refractivity contribution in [1.82, 2.24) is 9.97 Å². The molecule has 21 heavy (non-hydrogen) atoms. The van der Waals surface area contributed by atoms with Crippen molar-refractivity contribution in [3.8, 4) is 0 Å². The van der Waals surface area contributed by atoms with Gasteiger partial charge in [-0.1, -0.05) is 37.3 Å². The summed E-state index contributed by atoms with van der Waals surface area (Å²) in [5.41, 5.74) is 7.11. The molecule has 0 saturated carbocycles. The summed E-state index contributed by atoms with van der Waals surface area (Å²) in [5, 5.41) is 4.46. The Labute approximate surface area is 128 Å². The van der Waals surface area contributed by atoms with Gasteiger partial charge < -0.3 is 11.1 Å². The number of nitrogens with one attached hydrogen (secondary N) is 1. The Hall–Kier alpha value is -2.14. The first-order valence-electron chi connectivity index (χ1n) is 6.96. The standard InChI is InChI=1S/C16H18N4S/c1-10(12-6-4-3-5-7-12)9-18-14-13-8-11(2)21-15(13)20-16(17)19-14/h3-8,10H,9H2,1-2H3,(H3,17,18,19,20). The second-order valence-corrected chi connectivity index (χ2v) is 6.43. The summed E-state index contributed by atoms with van der Waals surface area (Å²) < 4.78 is 0. The van der Waals surface area contributed by atoms with Crippen LogP contribution in [0.25, 0.3) is 10.2 Å². The maximum absolute atomic E-state index is 5.80. The highest BCUT2D eigenvalue weighted by Gasteiger charge is 2.11. The van der Waals surface area contributed by atoms with E-state index in [0.717, 1.165) is 22.6 Å². The number of hydrogen-bond donors (Lipinski definition) is 2. The van der Waals surface area contributed by atoms with Gasteiger partial charge in [0, 0.05) is 11.4 Å². The second-order valence-electron chi connectivity index (χ2n) is 5.20. The second kappa shape index (κ2) is 5.69. The van der Waals surface area contributed by atoms with Crippen LogP contribution in [0, 0.1) is 6.92 Å². The number of rotatable bonds is 4. The molecule has 3 N–H and O–H groups in total. The molecule has 0 radical (unpaired) electrons. The fraction of sp³-hybridized carbons (Fsp3) is 0.250. The molecule has 3 aromatic rings. The van der Waals surface area contributed by atoms with Gasteiger partial charge in [-0.2, -0.15) is 4.98 Å². The van der Waals surface area contributed by atoms with Crippen LogP contribution in [0.15, 0.2) is 36.4 Å². The molecule has 1 atom stereocenters. The zero-order valence-corrected chi connectivity index (χ0v) is 12.9. The maximum Gasteiger partial charge on any atom is 0.223 e. The van der Waals surface area contributed by atoms with Crippen molar-refractivity contribution >= 4 is 33.3 Å². The monoisotopic (exact) mass is 298 g/mol. The minimum absolute atomic E-state index is 0.319. The number of fused-ring (bicyclic) bond motifs is 1. The van der Waals surface area contributed by atoms with Gasteiger partial charge in [0.25, 0.3) is 0 Å². The van der Waals surface area contributed by atoms with E-state index in [4.69, 9.17) is 5.73 Å². The first-order valence-corrected chi connectivity index (χ1v) is 7.77. The molecule has 1 unspecified atom stereocenters. The van der Waals surface area contributed by atoms with Gasteiger partial charge >= 0.3 is 0 Å². The Kier molecular flexibility index (Phi) is 3.75. The van der Waals surface area contributed by atoms with Crippen molar-refractivity contribution in [2.75, 3.05) is 17.6 Å². The van der Waals surface area contributed by atoms with Crippen LogP contribution < -0.4 is 11.1 Å². The van der Waals surface area contributed by atoms with Gasteiger partial charge in [-0.3, -0.25) is 0 Å². The number of nitrogens with zero attached hydrogens (tertiary/aromatic N) is 2. The van der Waals surface area contributed by atoms with Gasteiger partial charge in [-0.05, 0) is 24.5 Å². The van der Waals surface area contributed by atoms with Gasteiger partial charge in [0.2, 0.25) is 5.95 Å². The minimum Gasteiger partial charge on any atom is -0.369 e. The molecule has 108 valence electrons. The lowest BCUT2D eigenvalue weighted by Crippen LogP contribution is -2.12. The molecular weight excluding hydrogens is 280 g/mol. The Morgan fingerprint density at radius 1 is 1.24 bits per heavy atom. The summed E-state index contributed by atoms with van der Waals surface area (Å²) in [6.45, 7) is 5.08. The molecular formula is C16H18N4S. The normalized spacial score (nSPS) is 12.5. The molecule has 1 aromatic carbocycles. The van der Waals surface area contributed by atoms with E-state index in [0.29, 0.717) is 11.9 Å². The van der Waals surface area contributed by atoms with E-state index in [9.17, 15) is 0 Å². The number of nitrogens with two attached hydrogens (primary N) is 1. The molecule has 4 nitrogen and oxygen atoms in total. The van der Waals surface area contributed by atoms with Crippen LogP contribution in [0.1, 0.15) is 23.3 Å². The number of benzene rings is 1. The maximum atomic E-state index is 5.80. The largest absolute Gasteiger partial charge is 0.369 e. The van der Waals surface area contributed by atoms with Gasteiger partial charge in [-0.15, -0.1) is 11.3 Å². The highest BCUT2D eigenvalue weighted by atomic mass is 32.1. The van der Waals surface area contributed by atoms with E-state index in [2.05, 4.69) is 59.5 Å². The SMILES string of the molecule is Cc1cc2c(NCC(C)c3ccccc3)nc(N)nc2s1. The van der Waals surface area contributed by atoms with E-state index in [1.54, 1.807) is 11.3 Å². The Balaban J connectivity index is 1.82. The van der Waals surface area contributed by atoms with Crippen molar-refractivity contribution < 1.29 is 0 Å². The quantitative estimate of drug-likeness (QED) is 0.769. The lowest BCUT2D eigenvalue weighted by atomic mass is 10.0. The zero-order valence-electron chi connectivity index (χ0n) is 12.1. The third kappa shape index (κ3) is 2.97. The van der Waals surface area contributed by atoms with E-state index in [-0.39, 0.29) is 0 Å². The summed E-state index contributed by atoms with van der Waals surface area (Å²) in [4.78, 5) is 10.8. The molecule has 0 aliphatic rings. The third-order valence-electron chi connectivity index (χ3n) is 3.48.